The van der Waals surface area contributed by atoms with Crippen molar-refractivity contribution in [2.24, 2.45) is 5.73 Å². The van der Waals surface area contributed by atoms with Crippen molar-refractivity contribution in [3.8, 4) is 5.75 Å². The highest BCUT2D eigenvalue weighted by Crippen LogP contribution is 2.18. The number of hydrogen-bond acceptors (Lipinski definition) is 3. The number of benzene rings is 1. The Balaban J connectivity index is 2.40. The van der Waals surface area contributed by atoms with Crippen LogP contribution in [0.15, 0.2) is 24.3 Å². The van der Waals surface area contributed by atoms with Crippen LogP contribution in [0.1, 0.15) is 12.0 Å². The molecule has 0 heterocycles. The molecule has 0 spiro atoms. The minimum Gasteiger partial charge on any atom is -0.493 e. The van der Waals surface area contributed by atoms with E-state index in [0.717, 1.165) is 31.7 Å². The highest BCUT2D eigenvalue weighted by Gasteiger charge is 2.01. The molecule has 0 aliphatic heterocycles. The van der Waals surface area contributed by atoms with Crippen LogP contribution in [0, 0.1) is 0 Å². The Hall–Kier alpha value is -1.06. The summed E-state index contributed by atoms with van der Waals surface area (Å²) in [5.41, 5.74) is 6.77. The molecule has 0 atom stereocenters. The van der Waals surface area contributed by atoms with E-state index in [1.54, 1.807) is 0 Å². The van der Waals surface area contributed by atoms with Gasteiger partial charge in [-0.1, -0.05) is 18.2 Å². The van der Waals surface area contributed by atoms with Crippen LogP contribution < -0.4 is 10.5 Å². The molecule has 0 aromatic heterocycles. The van der Waals surface area contributed by atoms with E-state index in [1.807, 2.05) is 18.2 Å². The lowest BCUT2D eigenvalue weighted by atomic mass is 10.1. The highest BCUT2D eigenvalue weighted by atomic mass is 16.5. The summed E-state index contributed by atoms with van der Waals surface area (Å²) in [6.45, 7) is 2.48. The summed E-state index contributed by atoms with van der Waals surface area (Å²) in [7, 11) is 4.14. The SMILES string of the molecule is CN(C)CCCOc1ccccc1CCN. The van der Waals surface area contributed by atoms with Gasteiger partial charge in [0.15, 0.2) is 0 Å². The highest BCUT2D eigenvalue weighted by molar-refractivity contribution is 5.33. The lowest BCUT2D eigenvalue weighted by Gasteiger charge is -2.12. The van der Waals surface area contributed by atoms with Gasteiger partial charge in [0.1, 0.15) is 5.75 Å². The maximum atomic E-state index is 5.76. The van der Waals surface area contributed by atoms with Gasteiger partial charge in [0.2, 0.25) is 0 Å². The third-order valence-electron chi connectivity index (χ3n) is 2.39. The van der Waals surface area contributed by atoms with Crippen LogP contribution >= 0.6 is 0 Å². The topological polar surface area (TPSA) is 38.5 Å². The van der Waals surface area contributed by atoms with Crippen LogP contribution in [-0.4, -0.2) is 38.7 Å². The van der Waals surface area contributed by atoms with Crippen LogP contribution in [-0.2, 0) is 6.42 Å². The van der Waals surface area contributed by atoms with Gasteiger partial charge >= 0.3 is 0 Å². The first-order valence-electron chi connectivity index (χ1n) is 5.79. The minimum atomic E-state index is 0.665. The zero-order chi connectivity index (χ0) is 11.8. The van der Waals surface area contributed by atoms with Crippen LogP contribution in [0.3, 0.4) is 0 Å². The summed E-state index contributed by atoms with van der Waals surface area (Å²) >= 11 is 0. The number of nitrogens with two attached hydrogens (primary N) is 1. The van der Waals surface area contributed by atoms with Crippen molar-refractivity contribution in [2.75, 3.05) is 33.8 Å². The Morgan fingerprint density at radius 3 is 2.69 bits per heavy atom. The molecule has 1 rings (SSSR count). The van der Waals surface area contributed by atoms with Crippen LogP contribution in [0.25, 0.3) is 0 Å². The average molecular weight is 222 g/mol. The molecule has 3 nitrogen and oxygen atoms in total. The first kappa shape index (κ1) is 13.0. The Bertz CT molecular complexity index is 300. The second kappa shape index (κ2) is 7.25. The van der Waals surface area contributed by atoms with Crippen molar-refractivity contribution >= 4 is 0 Å². The van der Waals surface area contributed by atoms with Crippen molar-refractivity contribution in [3.63, 3.8) is 0 Å². The third kappa shape index (κ3) is 4.64. The maximum Gasteiger partial charge on any atom is 0.122 e. The molecule has 3 heteroatoms. The van der Waals surface area contributed by atoms with Gasteiger partial charge in [0, 0.05) is 6.54 Å². The molecule has 90 valence electrons. The first-order valence-corrected chi connectivity index (χ1v) is 5.79. The third-order valence-corrected chi connectivity index (χ3v) is 2.39. The molecule has 2 N–H and O–H groups in total. The van der Waals surface area contributed by atoms with E-state index < -0.39 is 0 Å². The standard InChI is InChI=1S/C13H22N2O/c1-15(2)10-5-11-16-13-7-4-3-6-12(13)8-9-14/h3-4,6-7H,5,8-11,14H2,1-2H3. The van der Waals surface area contributed by atoms with Crippen molar-refractivity contribution in [1.82, 2.24) is 4.90 Å². The van der Waals surface area contributed by atoms with Gasteiger partial charge < -0.3 is 15.4 Å². The van der Waals surface area contributed by atoms with Crippen LogP contribution in [0.2, 0.25) is 0 Å². The molecule has 16 heavy (non-hydrogen) atoms. The second-order valence-corrected chi connectivity index (χ2v) is 4.15. The predicted molar refractivity (Wildman–Crippen MR) is 67.9 cm³/mol. The molecule has 0 saturated heterocycles. The zero-order valence-corrected chi connectivity index (χ0v) is 10.3. The Morgan fingerprint density at radius 1 is 1.25 bits per heavy atom. The van der Waals surface area contributed by atoms with E-state index in [0.29, 0.717) is 6.54 Å². The molecule has 0 unspecified atom stereocenters. The second-order valence-electron chi connectivity index (χ2n) is 4.15. The van der Waals surface area contributed by atoms with Gasteiger partial charge in [0.25, 0.3) is 0 Å². The Kier molecular flexibility index (Phi) is 5.90. The van der Waals surface area contributed by atoms with E-state index in [4.69, 9.17) is 10.5 Å². The molecule has 0 fully saturated rings. The normalized spacial score (nSPS) is 10.8. The van der Waals surface area contributed by atoms with E-state index in [-0.39, 0.29) is 0 Å². The van der Waals surface area contributed by atoms with E-state index in [9.17, 15) is 0 Å². The molecule has 1 aromatic carbocycles. The first-order chi connectivity index (χ1) is 7.74. The molecule has 0 amide bonds. The van der Waals surface area contributed by atoms with E-state index >= 15 is 0 Å². The lowest BCUT2D eigenvalue weighted by molar-refractivity contribution is 0.279. The van der Waals surface area contributed by atoms with Gasteiger partial charge in [-0.2, -0.15) is 0 Å². The predicted octanol–water partition coefficient (Wildman–Crippen LogP) is 1.52. The van der Waals surface area contributed by atoms with Crippen molar-refractivity contribution < 1.29 is 4.74 Å². The van der Waals surface area contributed by atoms with Crippen LogP contribution in [0.5, 0.6) is 5.75 Å². The summed E-state index contributed by atoms with van der Waals surface area (Å²) in [6.07, 6.45) is 1.92. The molecule has 0 radical (unpaired) electrons. The number of ether oxygens (including phenoxy) is 1. The largest absolute Gasteiger partial charge is 0.493 e. The molecular formula is C13H22N2O. The molecule has 0 aliphatic rings. The summed E-state index contributed by atoms with van der Waals surface area (Å²) in [4.78, 5) is 2.16. The smallest absolute Gasteiger partial charge is 0.122 e. The number of nitrogens with zero attached hydrogens (tertiary/aromatic N) is 1. The zero-order valence-electron chi connectivity index (χ0n) is 10.3. The van der Waals surface area contributed by atoms with Crippen molar-refractivity contribution in [3.05, 3.63) is 29.8 Å². The lowest BCUT2D eigenvalue weighted by Crippen LogP contribution is -2.16. The van der Waals surface area contributed by atoms with Gasteiger partial charge in [-0.05, 0) is 45.1 Å². The molecular weight excluding hydrogens is 200 g/mol. The summed E-state index contributed by atoms with van der Waals surface area (Å²) in [5, 5.41) is 0. The van der Waals surface area contributed by atoms with Gasteiger partial charge in [-0.25, -0.2) is 0 Å². The average Bonchev–Trinajstić information content (AvgIpc) is 2.26. The quantitative estimate of drug-likeness (QED) is 0.711. The molecule has 0 aliphatic carbocycles. The monoisotopic (exact) mass is 222 g/mol. The number of hydrogen-bond donors (Lipinski definition) is 1. The number of rotatable bonds is 7. The molecule has 1 aromatic rings. The number of para-hydroxylation sites is 1. The summed E-state index contributed by atoms with van der Waals surface area (Å²) in [5.74, 6) is 0.978. The molecule has 0 saturated carbocycles. The van der Waals surface area contributed by atoms with Gasteiger partial charge in [0.05, 0.1) is 6.61 Å². The fourth-order valence-electron chi connectivity index (χ4n) is 1.57. The van der Waals surface area contributed by atoms with Gasteiger partial charge in [-0.3, -0.25) is 0 Å². The fraction of sp³-hybridized carbons (Fsp3) is 0.538. The van der Waals surface area contributed by atoms with Crippen molar-refractivity contribution in [1.29, 1.82) is 0 Å². The Morgan fingerprint density at radius 2 is 2.00 bits per heavy atom. The van der Waals surface area contributed by atoms with Crippen LogP contribution in [0.4, 0.5) is 0 Å². The van der Waals surface area contributed by atoms with E-state index in [2.05, 4.69) is 25.1 Å². The minimum absolute atomic E-state index is 0.665. The fourth-order valence-corrected chi connectivity index (χ4v) is 1.57. The van der Waals surface area contributed by atoms with Crippen molar-refractivity contribution in [2.45, 2.75) is 12.8 Å². The van der Waals surface area contributed by atoms with E-state index in [1.165, 1.54) is 5.56 Å². The maximum absolute atomic E-state index is 5.76. The molecule has 0 bridgehead atoms. The van der Waals surface area contributed by atoms with Gasteiger partial charge in [-0.15, -0.1) is 0 Å². The Labute approximate surface area is 98.2 Å². The summed E-state index contributed by atoms with van der Waals surface area (Å²) < 4.78 is 5.76. The summed E-state index contributed by atoms with van der Waals surface area (Å²) in [6, 6.07) is 8.12.